The molecule has 1 rings (SSSR count). The van der Waals surface area contributed by atoms with Crippen molar-refractivity contribution in [2.45, 2.75) is 12.8 Å². The monoisotopic (exact) mass is 220 g/mol. The Kier molecular flexibility index (Phi) is 5.12. The molecule has 0 aliphatic carbocycles. The van der Waals surface area contributed by atoms with Crippen LogP contribution in [0.2, 0.25) is 0 Å². The van der Waals surface area contributed by atoms with Gasteiger partial charge in [0.15, 0.2) is 6.29 Å². The molecule has 3 heteroatoms. The van der Waals surface area contributed by atoms with E-state index in [1.165, 1.54) is 0 Å². The molecule has 1 aromatic carbocycles. The van der Waals surface area contributed by atoms with Crippen LogP contribution in [0.1, 0.15) is 23.2 Å². The third-order valence-electron chi connectivity index (χ3n) is 2.15. The van der Waals surface area contributed by atoms with Crippen LogP contribution in [-0.2, 0) is 0 Å². The number of carbonyl (C=O) groups is 1. The summed E-state index contributed by atoms with van der Waals surface area (Å²) in [6.07, 6.45) is 4.42. The standard InChI is InChI=1S/C13H16O3/c1-3-4-5-8-16-13-7-6-12(15-2)9-11(13)10-14/h3,6-7,9-10H,1,4-5,8H2,2H3. The SMILES string of the molecule is C=CCCCOc1ccc(OC)cc1C=O. The Balaban J connectivity index is 2.64. The first-order chi connectivity index (χ1) is 7.81. The lowest BCUT2D eigenvalue weighted by Crippen LogP contribution is -1.99. The molecule has 0 saturated heterocycles. The van der Waals surface area contributed by atoms with Crippen LogP contribution in [-0.4, -0.2) is 20.0 Å². The van der Waals surface area contributed by atoms with E-state index in [-0.39, 0.29) is 0 Å². The highest BCUT2D eigenvalue weighted by Gasteiger charge is 2.04. The topological polar surface area (TPSA) is 35.5 Å². The van der Waals surface area contributed by atoms with E-state index >= 15 is 0 Å². The predicted octanol–water partition coefficient (Wildman–Crippen LogP) is 2.85. The Morgan fingerprint density at radius 1 is 1.44 bits per heavy atom. The molecule has 16 heavy (non-hydrogen) atoms. The highest BCUT2D eigenvalue weighted by atomic mass is 16.5. The van der Waals surface area contributed by atoms with E-state index in [4.69, 9.17) is 9.47 Å². The Hall–Kier alpha value is -1.77. The fourth-order valence-corrected chi connectivity index (χ4v) is 1.29. The van der Waals surface area contributed by atoms with E-state index in [1.54, 1.807) is 25.3 Å². The van der Waals surface area contributed by atoms with Gasteiger partial charge in [0.2, 0.25) is 0 Å². The normalized spacial score (nSPS) is 9.56. The van der Waals surface area contributed by atoms with Crippen LogP contribution in [0.5, 0.6) is 11.5 Å². The van der Waals surface area contributed by atoms with Crippen molar-refractivity contribution in [1.82, 2.24) is 0 Å². The third-order valence-corrected chi connectivity index (χ3v) is 2.15. The summed E-state index contributed by atoms with van der Waals surface area (Å²) in [4.78, 5) is 10.8. The molecule has 86 valence electrons. The lowest BCUT2D eigenvalue weighted by Gasteiger charge is -2.09. The fourth-order valence-electron chi connectivity index (χ4n) is 1.29. The van der Waals surface area contributed by atoms with Crippen LogP contribution >= 0.6 is 0 Å². The third kappa shape index (κ3) is 3.42. The molecule has 0 radical (unpaired) electrons. The molecule has 0 amide bonds. The van der Waals surface area contributed by atoms with Crippen molar-refractivity contribution in [3.8, 4) is 11.5 Å². The molecule has 0 aliphatic heterocycles. The van der Waals surface area contributed by atoms with Crippen molar-refractivity contribution in [3.05, 3.63) is 36.4 Å². The molecule has 0 N–H and O–H groups in total. The summed E-state index contributed by atoms with van der Waals surface area (Å²) in [5.41, 5.74) is 0.512. The van der Waals surface area contributed by atoms with Crippen LogP contribution in [0.25, 0.3) is 0 Å². The minimum Gasteiger partial charge on any atom is -0.497 e. The van der Waals surface area contributed by atoms with Gasteiger partial charge < -0.3 is 9.47 Å². The van der Waals surface area contributed by atoms with Crippen molar-refractivity contribution in [1.29, 1.82) is 0 Å². The van der Waals surface area contributed by atoms with Crippen LogP contribution in [0.4, 0.5) is 0 Å². The number of hydrogen-bond acceptors (Lipinski definition) is 3. The van der Waals surface area contributed by atoms with Gasteiger partial charge in [-0.15, -0.1) is 6.58 Å². The number of carbonyl (C=O) groups excluding carboxylic acids is 1. The predicted molar refractivity (Wildman–Crippen MR) is 63.3 cm³/mol. The second-order valence-electron chi connectivity index (χ2n) is 3.30. The largest absolute Gasteiger partial charge is 0.497 e. The minimum absolute atomic E-state index is 0.512. The molecule has 0 aliphatic rings. The van der Waals surface area contributed by atoms with Gasteiger partial charge in [-0.3, -0.25) is 4.79 Å². The van der Waals surface area contributed by atoms with Crippen LogP contribution in [0.15, 0.2) is 30.9 Å². The van der Waals surface area contributed by atoms with Gasteiger partial charge in [0.1, 0.15) is 11.5 Å². The Bertz CT molecular complexity index is 358. The lowest BCUT2D eigenvalue weighted by atomic mass is 10.2. The number of rotatable bonds is 7. The first kappa shape index (κ1) is 12.3. The number of aldehydes is 1. The van der Waals surface area contributed by atoms with Gasteiger partial charge in [-0.1, -0.05) is 6.08 Å². The summed E-state index contributed by atoms with van der Waals surface area (Å²) in [6.45, 7) is 4.22. The summed E-state index contributed by atoms with van der Waals surface area (Å²) in [7, 11) is 1.56. The Morgan fingerprint density at radius 3 is 2.88 bits per heavy atom. The van der Waals surface area contributed by atoms with E-state index in [9.17, 15) is 4.79 Å². The number of benzene rings is 1. The lowest BCUT2D eigenvalue weighted by molar-refractivity contribution is 0.111. The maximum Gasteiger partial charge on any atom is 0.153 e. The number of ether oxygens (including phenoxy) is 2. The van der Waals surface area contributed by atoms with Gasteiger partial charge >= 0.3 is 0 Å². The van der Waals surface area contributed by atoms with E-state index < -0.39 is 0 Å². The smallest absolute Gasteiger partial charge is 0.153 e. The molecule has 0 unspecified atom stereocenters. The van der Waals surface area contributed by atoms with Gasteiger partial charge in [0.05, 0.1) is 19.3 Å². The summed E-state index contributed by atoms with van der Waals surface area (Å²) >= 11 is 0. The molecule has 0 spiro atoms. The van der Waals surface area contributed by atoms with E-state index in [2.05, 4.69) is 6.58 Å². The van der Waals surface area contributed by atoms with E-state index in [0.29, 0.717) is 23.7 Å². The van der Waals surface area contributed by atoms with Crippen molar-refractivity contribution in [2.24, 2.45) is 0 Å². The number of unbranched alkanes of at least 4 members (excludes halogenated alkanes) is 1. The van der Waals surface area contributed by atoms with Crippen LogP contribution in [0, 0.1) is 0 Å². The highest BCUT2D eigenvalue weighted by molar-refractivity contribution is 5.80. The van der Waals surface area contributed by atoms with E-state index in [0.717, 1.165) is 19.1 Å². The summed E-state index contributed by atoms with van der Waals surface area (Å²) < 4.78 is 10.5. The van der Waals surface area contributed by atoms with E-state index in [1.807, 2.05) is 6.08 Å². The molecule has 1 aromatic rings. The Morgan fingerprint density at radius 2 is 2.25 bits per heavy atom. The molecule has 0 bridgehead atoms. The number of hydrogen-bond donors (Lipinski definition) is 0. The van der Waals surface area contributed by atoms with Gasteiger partial charge in [0, 0.05) is 0 Å². The van der Waals surface area contributed by atoms with Crippen molar-refractivity contribution < 1.29 is 14.3 Å². The summed E-state index contributed by atoms with van der Waals surface area (Å²) in [5.74, 6) is 1.25. The Labute approximate surface area is 95.7 Å². The van der Waals surface area contributed by atoms with Crippen molar-refractivity contribution in [3.63, 3.8) is 0 Å². The quantitative estimate of drug-likeness (QED) is 0.402. The molecular weight excluding hydrogens is 204 g/mol. The zero-order valence-corrected chi connectivity index (χ0v) is 9.44. The summed E-state index contributed by atoms with van der Waals surface area (Å²) in [5, 5.41) is 0. The molecule has 0 saturated carbocycles. The molecule has 0 heterocycles. The highest BCUT2D eigenvalue weighted by Crippen LogP contribution is 2.22. The van der Waals surface area contributed by atoms with Crippen molar-refractivity contribution in [2.75, 3.05) is 13.7 Å². The zero-order chi connectivity index (χ0) is 11.8. The molecule has 0 aromatic heterocycles. The second-order valence-corrected chi connectivity index (χ2v) is 3.30. The minimum atomic E-state index is 0.512. The van der Waals surface area contributed by atoms with Crippen LogP contribution < -0.4 is 9.47 Å². The van der Waals surface area contributed by atoms with Gasteiger partial charge in [-0.25, -0.2) is 0 Å². The van der Waals surface area contributed by atoms with Gasteiger partial charge in [0.25, 0.3) is 0 Å². The maximum absolute atomic E-state index is 10.8. The number of allylic oxidation sites excluding steroid dienone is 1. The molecule has 0 fully saturated rings. The average Bonchev–Trinajstić information content (AvgIpc) is 2.34. The maximum atomic E-state index is 10.8. The first-order valence-electron chi connectivity index (χ1n) is 5.18. The zero-order valence-electron chi connectivity index (χ0n) is 9.44. The first-order valence-corrected chi connectivity index (χ1v) is 5.18. The molecular formula is C13H16O3. The van der Waals surface area contributed by atoms with Gasteiger partial charge in [-0.05, 0) is 31.0 Å². The average molecular weight is 220 g/mol. The molecule has 3 nitrogen and oxygen atoms in total. The van der Waals surface area contributed by atoms with Crippen molar-refractivity contribution >= 4 is 6.29 Å². The number of methoxy groups -OCH3 is 1. The molecule has 0 atom stereocenters. The fraction of sp³-hybridized carbons (Fsp3) is 0.308. The summed E-state index contributed by atoms with van der Waals surface area (Å²) in [6, 6.07) is 5.18. The van der Waals surface area contributed by atoms with Gasteiger partial charge in [-0.2, -0.15) is 0 Å². The second kappa shape index (κ2) is 6.67. The van der Waals surface area contributed by atoms with Crippen LogP contribution in [0.3, 0.4) is 0 Å².